The molecule has 6 heteroatoms. The quantitative estimate of drug-likeness (QED) is 0.742. The Labute approximate surface area is 107 Å². The maximum atomic E-state index is 11.9. The summed E-state index contributed by atoms with van der Waals surface area (Å²) in [5, 5.41) is 12.5. The lowest BCUT2D eigenvalue weighted by atomic mass is 10.2. The highest BCUT2D eigenvalue weighted by molar-refractivity contribution is 7.12. The minimum absolute atomic E-state index is 0.118. The number of pyridine rings is 1. The van der Waals surface area contributed by atoms with Crippen LogP contribution in [0, 0.1) is 6.92 Å². The number of nitrogens with zero attached hydrogens (tertiary/aromatic N) is 2. The summed E-state index contributed by atoms with van der Waals surface area (Å²) in [7, 11) is 0. The van der Waals surface area contributed by atoms with Gasteiger partial charge in [-0.15, -0.1) is 11.3 Å². The number of fused-ring (bicyclic) bond motifs is 1. The number of nitrogens with one attached hydrogen (secondary N) is 2. The monoisotopic (exact) mass is 258 g/mol. The van der Waals surface area contributed by atoms with E-state index in [4.69, 9.17) is 0 Å². The molecule has 3 heterocycles. The van der Waals surface area contributed by atoms with E-state index < -0.39 is 0 Å². The van der Waals surface area contributed by atoms with Gasteiger partial charge >= 0.3 is 0 Å². The van der Waals surface area contributed by atoms with Gasteiger partial charge in [0, 0.05) is 11.1 Å². The van der Waals surface area contributed by atoms with Gasteiger partial charge in [-0.25, -0.2) is 4.98 Å². The van der Waals surface area contributed by atoms with Crippen molar-refractivity contribution in [2.45, 2.75) is 6.92 Å². The zero-order chi connectivity index (χ0) is 12.5. The molecule has 5 nitrogen and oxygen atoms in total. The van der Waals surface area contributed by atoms with E-state index >= 15 is 0 Å². The molecule has 0 spiro atoms. The predicted octanol–water partition coefficient (Wildman–Crippen LogP) is 2.58. The number of amides is 1. The smallest absolute Gasteiger partial charge is 0.265 e. The highest BCUT2D eigenvalue weighted by atomic mass is 32.1. The number of aromatic nitrogens is 3. The van der Waals surface area contributed by atoms with Crippen molar-refractivity contribution < 1.29 is 4.79 Å². The number of aryl methyl sites for hydroxylation is 1. The van der Waals surface area contributed by atoms with Crippen molar-refractivity contribution in [2.24, 2.45) is 0 Å². The van der Waals surface area contributed by atoms with Crippen molar-refractivity contribution in [3.63, 3.8) is 0 Å². The van der Waals surface area contributed by atoms with Crippen LogP contribution in [0.15, 0.2) is 29.8 Å². The number of rotatable bonds is 2. The summed E-state index contributed by atoms with van der Waals surface area (Å²) in [6.45, 7) is 1.92. The highest BCUT2D eigenvalue weighted by Gasteiger charge is 2.09. The van der Waals surface area contributed by atoms with E-state index in [2.05, 4.69) is 20.5 Å². The Balaban J connectivity index is 1.91. The molecule has 90 valence electrons. The van der Waals surface area contributed by atoms with Crippen molar-refractivity contribution in [2.75, 3.05) is 5.32 Å². The molecule has 0 aromatic carbocycles. The Morgan fingerprint density at radius 3 is 3.17 bits per heavy atom. The van der Waals surface area contributed by atoms with Gasteiger partial charge in [0.2, 0.25) is 0 Å². The van der Waals surface area contributed by atoms with Crippen LogP contribution >= 0.6 is 11.3 Å². The third-order valence-corrected chi connectivity index (χ3v) is 3.47. The first kappa shape index (κ1) is 10.9. The number of H-pyrrole nitrogens is 1. The average molecular weight is 258 g/mol. The molecule has 0 aliphatic heterocycles. The molecule has 0 unspecified atom stereocenters. The fraction of sp³-hybridized carbons (Fsp3) is 0.0833. The topological polar surface area (TPSA) is 70.7 Å². The van der Waals surface area contributed by atoms with E-state index in [-0.39, 0.29) is 5.91 Å². The summed E-state index contributed by atoms with van der Waals surface area (Å²) < 4.78 is 0. The molecular weight excluding hydrogens is 248 g/mol. The number of hydrogen-bond acceptors (Lipinski definition) is 4. The van der Waals surface area contributed by atoms with Crippen LogP contribution in [0.3, 0.4) is 0 Å². The van der Waals surface area contributed by atoms with Crippen molar-refractivity contribution in [1.29, 1.82) is 0 Å². The summed E-state index contributed by atoms with van der Waals surface area (Å²) in [5.74, 6) is -0.118. The molecule has 1 amide bonds. The van der Waals surface area contributed by atoms with Crippen LogP contribution in [0.2, 0.25) is 0 Å². The van der Waals surface area contributed by atoms with Gasteiger partial charge in [-0.3, -0.25) is 9.89 Å². The van der Waals surface area contributed by atoms with Crippen LogP contribution in [0.1, 0.15) is 15.4 Å². The Morgan fingerprint density at radius 2 is 2.39 bits per heavy atom. The first-order valence-corrected chi connectivity index (χ1v) is 6.27. The van der Waals surface area contributed by atoms with Crippen LogP contribution in [0.5, 0.6) is 0 Å². The number of anilines is 1. The second-order valence-electron chi connectivity index (χ2n) is 3.88. The Kier molecular flexibility index (Phi) is 2.56. The number of aromatic amines is 1. The first-order valence-electron chi connectivity index (χ1n) is 5.39. The largest absolute Gasteiger partial charge is 0.320 e. The lowest BCUT2D eigenvalue weighted by Gasteiger charge is -2.02. The second-order valence-corrected chi connectivity index (χ2v) is 4.82. The van der Waals surface area contributed by atoms with Crippen LogP contribution in [0.4, 0.5) is 5.69 Å². The van der Waals surface area contributed by atoms with E-state index in [0.717, 1.165) is 11.1 Å². The lowest BCUT2D eigenvalue weighted by molar-refractivity contribution is 0.103. The van der Waals surface area contributed by atoms with E-state index in [1.807, 2.05) is 24.4 Å². The zero-order valence-corrected chi connectivity index (χ0v) is 10.4. The van der Waals surface area contributed by atoms with Crippen molar-refractivity contribution in [3.8, 4) is 0 Å². The second kappa shape index (κ2) is 4.23. The molecule has 0 aliphatic rings. The molecular formula is C12H10N4OS. The van der Waals surface area contributed by atoms with Crippen LogP contribution in [-0.2, 0) is 0 Å². The molecule has 0 saturated carbocycles. The summed E-state index contributed by atoms with van der Waals surface area (Å²) >= 11 is 1.41. The Bertz CT molecular complexity index is 702. The van der Waals surface area contributed by atoms with Gasteiger partial charge in [-0.2, -0.15) is 5.10 Å². The number of hydrogen-bond donors (Lipinski definition) is 2. The van der Waals surface area contributed by atoms with Gasteiger partial charge in [0.15, 0.2) is 5.65 Å². The van der Waals surface area contributed by atoms with Gasteiger partial charge in [0.25, 0.3) is 5.91 Å². The van der Waals surface area contributed by atoms with Crippen LogP contribution in [0.25, 0.3) is 11.0 Å². The van der Waals surface area contributed by atoms with E-state index in [1.54, 1.807) is 12.3 Å². The van der Waals surface area contributed by atoms with Crippen LogP contribution < -0.4 is 5.32 Å². The van der Waals surface area contributed by atoms with Crippen molar-refractivity contribution in [1.82, 2.24) is 15.2 Å². The number of thiophene rings is 1. The van der Waals surface area contributed by atoms with E-state index in [1.165, 1.54) is 11.3 Å². The Hall–Kier alpha value is -2.21. The normalized spacial score (nSPS) is 10.7. The fourth-order valence-electron chi connectivity index (χ4n) is 1.69. The van der Waals surface area contributed by atoms with Gasteiger partial charge in [0.05, 0.1) is 16.8 Å². The predicted molar refractivity (Wildman–Crippen MR) is 70.9 cm³/mol. The molecule has 0 fully saturated rings. The third-order valence-electron chi connectivity index (χ3n) is 2.60. The summed E-state index contributed by atoms with van der Waals surface area (Å²) in [6, 6.07) is 5.50. The molecule has 3 rings (SSSR count). The summed E-state index contributed by atoms with van der Waals surface area (Å²) in [4.78, 5) is 16.7. The Morgan fingerprint density at radius 1 is 1.50 bits per heavy atom. The van der Waals surface area contributed by atoms with Crippen molar-refractivity contribution >= 4 is 34.0 Å². The van der Waals surface area contributed by atoms with Gasteiger partial charge in [-0.05, 0) is 24.4 Å². The standard InChI is InChI=1S/C12H10N4OS/c1-7-9-5-8(6-13-11(9)16-15-7)14-12(17)10-3-2-4-18-10/h2-6H,1H3,(H,14,17)(H,13,15,16). The molecule has 0 radical (unpaired) electrons. The number of carbonyl (C=O) groups is 1. The number of carbonyl (C=O) groups excluding carboxylic acids is 1. The maximum Gasteiger partial charge on any atom is 0.265 e. The lowest BCUT2D eigenvalue weighted by Crippen LogP contribution is -2.10. The molecule has 2 N–H and O–H groups in total. The van der Waals surface area contributed by atoms with Crippen LogP contribution in [-0.4, -0.2) is 21.1 Å². The minimum Gasteiger partial charge on any atom is -0.320 e. The van der Waals surface area contributed by atoms with E-state index in [0.29, 0.717) is 16.2 Å². The SMILES string of the molecule is Cc1[nH]nc2ncc(NC(=O)c3cccs3)cc12. The van der Waals surface area contributed by atoms with Gasteiger partial charge in [-0.1, -0.05) is 6.07 Å². The molecule has 0 atom stereocenters. The van der Waals surface area contributed by atoms with Crippen molar-refractivity contribution in [3.05, 3.63) is 40.3 Å². The first-order chi connectivity index (χ1) is 8.74. The molecule has 0 aliphatic carbocycles. The van der Waals surface area contributed by atoms with E-state index in [9.17, 15) is 4.79 Å². The molecule has 0 saturated heterocycles. The summed E-state index contributed by atoms with van der Waals surface area (Å²) in [5.41, 5.74) is 2.26. The fourth-order valence-corrected chi connectivity index (χ4v) is 2.31. The molecule has 3 aromatic heterocycles. The van der Waals surface area contributed by atoms with Gasteiger partial charge < -0.3 is 5.32 Å². The molecule has 3 aromatic rings. The minimum atomic E-state index is -0.118. The average Bonchev–Trinajstić information content (AvgIpc) is 3.00. The molecule has 0 bridgehead atoms. The highest BCUT2D eigenvalue weighted by Crippen LogP contribution is 2.18. The summed E-state index contributed by atoms with van der Waals surface area (Å²) in [6.07, 6.45) is 1.61. The maximum absolute atomic E-state index is 11.9. The third kappa shape index (κ3) is 1.86. The van der Waals surface area contributed by atoms with Gasteiger partial charge in [0.1, 0.15) is 0 Å². The zero-order valence-electron chi connectivity index (χ0n) is 9.60. The molecule has 18 heavy (non-hydrogen) atoms.